The van der Waals surface area contributed by atoms with Gasteiger partial charge in [-0.2, -0.15) is 0 Å². The van der Waals surface area contributed by atoms with Crippen molar-refractivity contribution in [1.29, 1.82) is 0 Å². The largest absolute Gasteiger partial charge is 0.399 e. The first kappa shape index (κ1) is 10.1. The fourth-order valence-electron chi connectivity index (χ4n) is 1.47. The first-order valence-electron chi connectivity index (χ1n) is 4.77. The molecule has 0 amide bonds. The van der Waals surface area contributed by atoms with Gasteiger partial charge in [-0.15, -0.1) is 0 Å². The van der Waals surface area contributed by atoms with Crippen LogP contribution in [0.15, 0.2) is 24.3 Å². The lowest BCUT2D eigenvalue weighted by Gasteiger charge is -2.27. The molecule has 0 saturated carbocycles. The highest BCUT2D eigenvalue weighted by molar-refractivity contribution is 5.41. The molecule has 2 nitrogen and oxygen atoms in total. The molecule has 0 aliphatic carbocycles. The number of hydrogen-bond donors (Lipinski definition) is 2. The summed E-state index contributed by atoms with van der Waals surface area (Å²) in [5.41, 5.74) is 13.6. The number of nitrogen functional groups attached to an aromatic ring is 1. The maximum Gasteiger partial charge on any atom is 0.0404 e. The maximum absolute atomic E-state index is 6.23. The summed E-state index contributed by atoms with van der Waals surface area (Å²) in [6, 6.07) is 7.84. The van der Waals surface area contributed by atoms with Crippen LogP contribution >= 0.6 is 0 Å². The van der Waals surface area contributed by atoms with Crippen LogP contribution in [0.2, 0.25) is 0 Å². The molecule has 0 atom stereocenters. The first-order valence-corrected chi connectivity index (χ1v) is 4.77. The molecule has 0 heterocycles. The summed E-state index contributed by atoms with van der Waals surface area (Å²) in [7, 11) is 0. The molecular weight excluding hydrogens is 160 g/mol. The number of rotatable bonds is 3. The zero-order valence-electron chi connectivity index (χ0n) is 8.38. The van der Waals surface area contributed by atoms with E-state index in [1.165, 1.54) is 5.56 Å². The van der Waals surface area contributed by atoms with Crippen molar-refractivity contribution in [3.05, 3.63) is 29.8 Å². The Morgan fingerprint density at radius 1 is 1.08 bits per heavy atom. The van der Waals surface area contributed by atoms with E-state index in [0.717, 1.165) is 18.5 Å². The third-order valence-corrected chi connectivity index (χ3v) is 2.75. The van der Waals surface area contributed by atoms with Crippen molar-refractivity contribution < 1.29 is 0 Å². The molecule has 1 rings (SSSR count). The minimum absolute atomic E-state index is 0.187. The van der Waals surface area contributed by atoms with E-state index in [4.69, 9.17) is 11.5 Å². The van der Waals surface area contributed by atoms with Gasteiger partial charge in [0.15, 0.2) is 0 Å². The Bertz CT molecular complexity index is 260. The van der Waals surface area contributed by atoms with E-state index in [-0.39, 0.29) is 5.54 Å². The van der Waals surface area contributed by atoms with E-state index in [0.29, 0.717) is 0 Å². The van der Waals surface area contributed by atoms with Gasteiger partial charge in [0.25, 0.3) is 0 Å². The van der Waals surface area contributed by atoms with Crippen LogP contribution in [0.25, 0.3) is 0 Å². The van der Waals surface area contributed by atoms with Gasteiger partial charge in [0.1, 0.15) is 0 Å². The monoisotopic (exact) mass is 178 g/mol. The van der Waals surface area contributed by atoms with E-state index in [1.54, 1.807) is 0 Å². The van der Waals surface area contributed by atoms with Gasteiger partial charge in [-0.3, -0.25) is 0 Å². The predicted octanol–water partition coefficient (Wildman–Crippen LogP) is 2.24. The highest BCUT2D eigenvalue weighted by Gasteiger charge is 2.21. The predicted molar refractivity (Wildman–Crippen MR) is 57.3 cm³/mol. The molecule has 0 aliphatic heterocycles. The summed E-state index contributed by atoms with van der Waals surface area (Å²) in [6.07, 6.45) is 1.90. The van der Waals surface area contributed by atoms with Gasteiger partial charge >= 0.3 is 0 Å². The van der Waals surface area contributed by atoms with E-state index in [1.807, 2.05) is 24.3 Å². The molecule has 0 aromatic heterocycles. The molecule has 0 bridgehead atoms. The minimum atomic E-state index is -0.187. The van der Waals surface area contributed by atoms with E-state index in [2.05, 4.69) is 13.8 Å². The molecule has 0 spiro atoms. The number of benzene rings is 1. The first-order chi connectivity index (χ1) is 6.12. The Labute approximate surface area is 79.9 Å². The van der Waals surface area contributed by atoms with Gasteiger partial charge in [-0.1, -0.05) is 26.0 Å². The standard InChI is InChI=1S/C11H18N2/c1-3-11(13,4-2)9-5-7-10(12)8-6-9/h5-8H,3-4,12-13H2,1-2H3. The molecule has 0 radical (unpaired) electrons. The van der Waals surface area contributed by atoms with Crippen LogP contribution in [0.4, 0.5) is 5.69 Å². The Kier molecular flexibility index (Phi) is 2.94. The Balaban J connectivity index is 2.99. The fraction of sp³-hybridized carbons (Fsp3) is 0.455. The van der Waals surface area contributed by atoms with Crippen molar-refractivity contribution in [2.45, 2.75) is 32.2 Å². The van der Waals surface area contributed by atoms with Gasteiger partial charge in [-0.05, 0) is 30.5 Å². The Hall–Kier alpha value is -1.02. The molecule has 1 aromatic rings. The topological polar surface area (TPSA) is 52.0 Å². The molecule has 0 saturated heterocycles. The maximum atomic E-state index is 6.23. The van der Waals surface area contributed by atoms with E-state index < -0.39 is 0 Å². The summed E-state index contributed by atoms with van der Waals surface area (Å²) in [5, 5.41) is 0. The molecule has 0 aliphatic rings. The van der Waals surface area contributed by atoms with E-state index in [9.17, 15) is 0 Å². The third kappa shape index (κ3) is 2.01. The summed E-state index contributed by atoms with van der Waals surface area (Å²) < 4.78 is 0. The molecule has 2 heteroatoms. The summed E-state index contributed by atoms with van der Waals surface area (Å²) >= 11 is 0. The van der Waals surface area contributed by atoms with Gasteiger partial charge in [0.05, 0.1) is 0 Å². The third-order valence-electron chi connectivity index (χ3n) is 2.75. The lowest BCUT2D eigenvalue weighted by Crippen LogP contribution is -2.34. The van der Waals surface area contributed by atoms with Crippen LogP contribution in [0.3, 0.4) is 0 Å². The highest BCUT2D eigenvalue weighted by atomic mass is 14.7. The quantitative estimate of drug-likeness (QED) is 0.697. The van der Waals surface area contributed by atoms with Crippen molar-refractivity contribution in [1.82, 2.24) is 0 Å². The lowest BCUT2D eigenvalue weighted by molar-refractivity contribution is 0.413. The molecule has 0 fully saturated rings. The normalized spacial score (nSPS) is 11.6. The SMILES string of the molecule is CCC(N)(CC)c1ccc(N)cc1. The average molecular weight is 178 g/mol. The van der Waals surface area contributed by atoms with Crippen LogP contribution in [0, 0.1) is 0 Å². The molecule has 0 unspecified atom stereocenters. The van der Waals surface area contributed by atoms with Crippen LogP contribution in [0.1, 0.15) is 32.3 Å². The van der Waals surface area contributed by atoms with E-state index >= 15 is 0 Å². The summed E-state index contributed by atoms with van der Waals surface area (Å²) in [5.74, 6) is 0. The highest BCUT2D eigenvalue weighted by Crippen LogP contribution is 2.25. The number of nitrogens with two attached hydrogens (primary N) is 2. The van der Waals surface area contributed by atoms with Crippen LogP contribution < -0.4 is 11.5 Å². The van der Waals surface area contributed by atoms with Crippen molar-refractivity contribution in [3.8, 4) is 0 Å². The Morgan fingerprint density at radius 2 is 1.54 bits per heavy atom. The smallest absolute Gasteiger partial charge is 0.0404 e. The Morgan fingerprint density at radius 3 is 1.92 bits per heavy atom. The second-order valence-corrected chi connectivity index (χ2v) is 3.49. The minimum Gasteiger partial charge on any atom is -0.399 e. The van der Waals surface area contributed by atoms with Crippen molar-refractivity contribution in [2.75, 3.05) is 5.73 Å². The molecular formula is C11H18N2. The van der Waals surface area contributed by atoms with Crippen molar-refractivity contribution in [3.63, 3.8) is 0 Å². The molecule has 72 valence electrons. The zero-order valence-corrected chi connectivity index (χ0v) is 8.38. The van der Waals surface area contributed by atoms with Crippen LogP contribution in [-0.2, 0) is 5.54 Å². The van der Waals surface area contributed by atoms with Crippen LogP contribution in [0.5, 0.6) is 0 Å². The number of anilines is 1. The lowest BCUT2D eigenvalue weighted by atomic mass is 9.86. The van der Waals surface area contributed by atoms with Gasteiger partial charge in [-0.25, -0.2) is 0 Å². The number of hydrogen-bond acceptors (Lipinski definition) is 2. The van der Waals surface area contributed by atoms with Gasteiger partial charge < -0.3 is 11.5 Å². The molecule has 4 N–H and O–H groups in total. The summed E-state index contributed by atoms with van der Waals surface area (Å²) in [6.45, 7) is 4.22. The molecule has 1 aromatic carbocycles. The van der Waals surface area contributed by atoms with Crippen LogP contribution in [-0.4, -0.2) is 0 Å². The fourth-order valence-corrected chi connectivity index (χ4v) is 1.47. The zero-order chi connectivity index (χ0) is 9.90. The summed E-state index contributed by atoms with van der Waals surface area (Å²) in [4.78, 5) is 0. The van der Waals surface area contributed by atoms with Crippen molar-refractivity contribution in [2.24, 2.45) is 5.73 Å². The van der Waals surface area contributed by atoms with Crippen molar-refractivity contribution >= 4 is 5.69 Å². The average Bonchev–Trinajstić information content (AvgIpc) is 2.18. The second kappa shape index (κ2) is 3.79. The van der Waals surface area contributed by atoms with Gasteiger partial charge in [0.2, 0.25) is 0 Å². The molecule has 13 heavy (non-hydrogen) atoms. The van der Waals surface area contributed by atoms with Gasteiger partial charge in [0, 0.05) is 11.2 Å². The second-order valence-electron chi connectivity index (χ2n) is 3.49.